The Hall–Kier alpha value is -0.580. The van der Waals surface area contributed by atoms with E-state index in [2.05, 4.69) is 13.8 Å². The number of sulfonamides is 1. The van der Waals surface area contributed by atoms with Crippen molar-refractivity contribution in [2.45, 2.75) is 50.9 Å². The maximum absolute atomic E-state index is 13.0. The lowest BCUT2D eigenvalue weighted by Crippen LogP contribution is -2.48. The highest BCUT2D eigenvalue weighted by Gasteiger charge is 2.37. The SMILES string of the molecule is Cc1ccc(S(=O)(=O)N2CC(C)CC(C)C2C)cc1CCl. The maximum atomic E-state index is 13.0. The van der Waals surface area contributed by atoms with Gasteiger partial charge in [0.25, 0.3) is 0 Å². The molecule has 0 N–H and O–H groups in total. The summed E-state index contributed by atoms with van der Waals surface area (Å²) in [5.41, 5.74) is 1.90. The van der Waals surface area contributed by atoms with E-state index in [1.54, 1.807) is 16.4 Å². The lowest BCUT2D eigenvalue weighted by atomic mass is 9.88. The predicted octanol–water partition coefficient (Wildman–Crippen LogP) is 3.79. The standard InChI is InChI=1S/C16H24ClNO2S/c1-11-7-13(3)14(4)18(10-11)21(19,20)16-6-5-12(2)15(8-16)9-17/h5-6,8,11,13-14H,7,9-10H2,1-4H3. The molecule has 1 saturated heterocycles. The van der Waals surface area contributed by atoms with Crippen LogP contribution in [0.25, 0.3) is 0 Å². The van der Waals surface area contributed by atoms with Crippen molar-refractivity contribution in [2.75, 3.05) is 6.54 Å². The Bertz CT molecular complexity index is 615. The van der Waals surface area contributed by atoms with Crippen molar-refractivity contribution in [2.24, 2.45) is 11.8 Å². The molecule has 0 saturated carbocycles. The van der Waals surface area contributed by atoms with Crippen LogP contribution in [0.5, 0.6) is 0 Å². The molecule has 3 atom stereocenters. The Kier molecular flexibility index (Phi) is 5.01. The molecule has 118 valence electrons. The zero-order chi connectivity index (χ0) is 15.8. The van der Waals surface area contributed by atoms with E-state index in [-0.39, 0.29) is 6.04 Å². The molecule has 2 rings (SSSR count). The second-order valence-electron chi connectivity index (χ2n) is 6.36. The number of hydrogen-bond acceptors (Lipinski definition) is 2. The van der Waals surface area contributed by atoms with E-state index < -0.39 is 10.0 Å². The van der Waals surface area contributed by atoms with E-state index in [4.69, 9.17) is 11.6 Å². The second-order valence-corrected chi connectivity index (χ2v) is 8.51. The van der Waals surface area contributed by atoms with Crippen LogP contribution in [0.4, 0.5) is 0 Å². The van der Waals surface area contributed by atoms with Gasteiger partial charge in [-0.1, -0.05) is 19.9 Å². The Balaban J connectivity index is 2.41. The van der Waals surface area contributed by atoms with Gasteiger partial charge in [0.15, 0.2) is 0 Å². The molecule has 1 fully saturated rings. The fraction of sp³-hybridized carbons (Fsp3) is 0.625. The molecule has 3 nitrogen and oxygen atoms in total. The van der Waals surface area contributed by atoms with Gasteiger partial charge in [-0.25, -0.2) is 8.42 Å². The van der Waals surface area contributed by atoms with Gasteiger partial charge in [0.2, 0.25) is 10.0 Å². The van der Waals surface area contributed by atoms with Crippen LogP contribution < -0.4 is 0 Å². The monoisotopic (exact) mass is 329 g/mol. The molecule has 0 aromatic heterocycles. The molecular formula is C16H24ClNO2S. The summed E-state index contributed by atoms with van der Waals surface area (Å²) in [5.74, 6) is 1.10. The van der Waals surface area contributed by atoms with Crippen LogP contribution in [-0.4, -0.2) is 25.3 Å². The van der Waals surface area contributed by atoms with Crippen LogP contribution in [0.3, 0.4) is 0 Å². The van der Waals surface area contributed by atoms with Crippen LogP contribution in [0.2, 0.25) is 0 Å². The summed E-state index contributed by atoms with van der Waals surface area (Å²) in [6, 6.07) is 5.28. The lowest BCUT2D eigenvalue weighted by Gasteiger charge is -2.40. The zero-order valence-corrected chi connectivity index (χ0v) is 14.7. The minimum Gasteiger partial charge on any atom is -0.207 e. The molecule has 0 aliphatic carbocycles. The van der Waals surface area contributed by atoms with Gasteiger partial charge < -0.3 is 0 Å². The van der Waals surface area contributed by atoms with Crippen LogP contribution in [0.1, 0.15) is 38.3 Å². The summed E-state index contributed by atoms with van der Waals surface area (Å²) in [4.78, 5) is 0.358. The second kappa shape index (κ2) is 6.27. The number of halogens is 1. The molecule has 0 spiro atoms. The van der Waals surface area contributed by atoms with E-state index in [0.717, 1.165) is 17.5 Å². The summed E-state index contributed by atoms with van der Waals surface area (Å²) in [5, 5.41) is 0. The van der Waals surface area contributed by atoms with Gasteiger partial charge in [-0.05, 0) is 55.4 Å². The smallest absolute Gasteiger partial charge is 0.207 e. The van der Waals surface area contributed by atoms with E-state index in [1.807, 2.05) is 19.9 Å². The average molecular weight is 330 g/mol. The highest BCUT2D eigenvalue weighted by atomic mass is 35.5. The molecule has 0 amide bonds. The lowest BCUT2D eigenvalue weighted by molar-refractivity contribution is 0.157. The molecule has 1 heterocycles. The molecule has 5 heteroatoms. The molecule has 0 radical (unpaired) electrons. The van der Waals surface area contributed by atoms with Gasteiger partial charge in [-0.3, -0.25) is 0 Å². The van der Waals surface area contributed by atoms with Crippen molar-refractivity contribution < 1.29 is 8.42 Å². The molecule has 1 aromatic carbocycles. The Morgan fingerprint density at radius 3 is 2.57 bits per heavy atom. The average Bonchev–Trinajstić information content (AvgIpc) is 2.42. The summed E-state index contributed by atoms with van der Waals surface area (Å²) >= 11 is 5.91. The quantitative estimate of drug-likeness (QED) is 0.791. The van der Waals surface area contributed by atoms with Gasteiger partial charge in [0, 0.05) is 18.5 Å². The van der Waals surface area contributed by atoms with Crippen molar-refractivity contribution in [3.63, 3.8) is 0 Å². The van der Waals surface area contributed by atoms with Crippen molar-refractivity contribution in [3.8, 4) is 0 Å². The topological polar surface area (TPSA) is 37.4 Å². The van der Waals surface area contributed by atoms with Gasteiger partial charge in [0.05, 0.1) is 4.90 Å². The Labute approximate surface area is 133 Å². The van der Waals surface area contributed by atoms with Gasteiger partial charge >= 0.3 is 0 Å². The molecule has 3 unspecified atom stereocenters. The van der Waals surface area contributed by atoms with Gasteiger partial charge in [0.1, 0.15) is 0 Å². The number of hydrogen-bond donors (Lipinski definition) is 0. The first-order chi connectivity index (χ1) is 9.77. The zero-order valence-electron chi connectivity index (χ0n) is 13.1. The van der Waals surface area contributed by atoms with Crippen molar-refractivity contribution in [3.05, 3.63) is 29.3 Å². The van der Waals surface area contributed by atoms with E-state index in [0.29, 0.717) is 29.2 Å². The third-order valence-electron chi connectivity index (χ3n) is 4.61. The van der Waals surface area contributed by atoms with E-state index in [1.165, 1.54) is 0 Å². The van der Waals surface area contributed by atoms with Crippen molar-refractivity contribution >= 4 is 21.6 Å². The molecule has 1 aliphatic heterocycles. The number of piperidine rings is 1. The minimum absolute atomic E-state index is 0.0342. The molecular weight excluding hydrogens is 306 g/mol. The summed E-state index contributed by atoms with van der Waals surface area (Å²) in [7, 11) is -3.45. The third kappa shape index (κ3) is 3.27. The first kappa shape index (κ1) is 16.8. The first-order valence-corrected chi connectivity index (χ1v) is 9.42. The summed E-state index contributed by atoms with van der Waals surface area (Å²) < 4.78 is 27.6. The Morgan fingerprint density at radius 1 is 1.29 bits per heavy atom. The molecule has 1 aromatic rings. The summed E-state index contributed by atoms with van der Waals surface area (Å²) in [6.07, 6.45) is 1.08. The molecule has 1 aliphatic rings. The van der Waals surface area contributed by atoms with Gasteiger partial charge in [-0.15, -0.1) is 11.6 Å². The fourth-order valence-corrected chi connectivity index (χ4v) is 5.25. The van der Waals surface area contributed by atoms with E-state index >= 15 is 0 Å². The summed E-state index contributed by atoms with van der Waals surface area (Å²) in [6.45, 7) is 8.79. The minimum atomic E-state index is -3.45. The van der Waals surface area contributed by atoms with Crippen LogP contribution in [0.15, 0.2) is 23.1 Å². The highest BCUT2D eigenvalue weighted by Crippen LogP contribution is 2.32. The van der Waals surface area contributed by atoms with Crippen LogP contribution in [-0.2, 0) is 15.9 Å². The largest absolute Gasteiger partial charge is 0.243 e. The first-order valence-electron chi connectivity index (χ1n) is 7.44. The predicted molar refractivity (Wildman–Crippen MR) is 87.0 cm³/mol. The van der Waals surface area contributed by atoms with E-state index in [9.17, 15) is 8.42 Å². The van der Waals surface area contributed by atoms with Gasteiger partial charge in [-0.2, -0.15) is 4.31 Å². The van der Waals surface area contributed by atoms with Crippen molar-refractivity contribution in [1.29, 1.82) is 0 Å². The Morgan fingerprint density at radius 2 is 1.95 bits per heavy atom. The number of nitrogens with zero attached hydrogens (tertiary/aromatic N) is 1. The third-order valence-corrected chi connectivity index (χ3v) is 6.85. The van der Waals surface area contributed by atoms with Crippen LogP contribution >= 0.6 is 11.6 Å². The molecule has 0 bridgehead atoms. The number of aryl methyl sites for hydroxylation is 1. The number of rotatable bonds is 3. The normalized spacial score (nSPS) is 27.8. The number of alkyl halides is 1. The highest BCUT2D eigenvalue weighted by molar-refractivity contribution is 7.89. The molecule has 21 heavy (non-hydrogen) atoms. The van der Waals surface area contributed by atoms with Crippen LogP contribution in [0, 0.1) is 18.8 Å². The van der Waals surface area contributed by atoms with Crippen molar-refractivity contribution in [1.82, 2.24) is 4.31 Å². The maximum Gasteiger partial charge on any atom is 0.243 e. The fourth-order valence-electron chi connectivity index (χ4n) is 3.07. The number of benzene rings is 1.